The summed E-state index contributed by atoms with van der Waals surface area (Å²) in [6.45, 7) is 0.752. The molecule has 0 bridgehead atoms. The van der Waals surface area contributed by atoms with E-state index in [0.29, 0.717) is 4.99 Å². The molecule has 3 nitrogen and oxygen atoms in total. The van der Waals surface area contributed by atoms with E-state index in [1.54, 1.807) is 6.20 Å². The summed E-state index contributed by atoms with van der Waals surface area (Å²) < 4.78 is 0. The van der Waals surface area contributed by atoms with E-state index >= 15 is 0 Å². The van der Waals surface area contributed by atoms with Crippen LogP contribution < -0.4 is 10.6 Å². The summed E-state index contributed by atoms with van der Waals surface area (Å²) in [7, 11) is 2.02. The number of benzene rings is 1. The first-order valence-corrected chi connectivity index (χ1v) is 6.08. The number of anilines is 1. The fourth-order valence-electron chi connectivity index (χ4n) is 1.72. The number of nitrogens with two attached hydrogens (primary N) is 1. The van der Waals surface area contributed by atoms with Crippen molar-refractivity contribution in [1.82, 2.24) is 4.98 Å². The molecule has 2 N–H and O–H groups in total. The van der Waals surface area contributed by atoms with Gasteiger partial charge in [-0.25, -0.2) is 0 Å². The molecule has 18 heavy (non-hydrogen) atoms. The summed E-state index contributed by atoms with van der Waals surface area (Å²) in [4.78, 5) is 6.84. The molecule has 2 aromatic rings. The Kier molecular flexibility index (Phi) is 3.89. The molecule has 0 fully saturated rings. The van der Waals surface area contributed by atoms with Crippen LogP contribution >= 0.6 is 12.2 Å². The van der Waals surface area contributed by atoms with Gasteiger partial charge in [0.05, 0.1) is 12.2 Å². The van der Waals surface area contributed by atoms with Crippen molar-refractivity contribution in [3.8, 4) is 0 Å². The molecule has 92 valence electrons. The molecule has 0 spiro atoms. The van der Waals surface area contributed by atoms with Gasteiger partial charge in [-0.2, -0.15) is 0 Å². The van der Waals surface area contributed by atoms with Gasteiger partial charge in [0.2, 0.25) is 0 Å². The average Bonchev–Trinajstić information content (AvgIpc) is 2.40. The molecule has 0 amide bonds. The highest BCUT2D eigenvalue weighted by molar-refractivity contribution is 7.80. The van der Waals surface area contributed by atoms with E-state index in [2.05, 4.69) is 9.88 Å². The summed E-state index contributed by atoms with van der Waals surface area (Å²) in [6.07, 6.45) is 1.80. The summed E-state index contributed by atoms with van der Waals surface area (Å²) in [5.41, 5.74) is 8.62. The van der Waals surface area contributed by atoms with Crippen molar-refractivity contribution in [3.05, 3.63) is 59.9 Å². The Morgan fingerprint density at radius 3 is 2.78 bits per heavy atom. The molecule has 0 aliphatic heterocycles. The van der Waals surface area contributed by atoms with Crippen LogP contribution in [0.3, 0.4) is 0 Å². The minimum atomic E-state index is 0.420. The van der Waals surface area contributed by atoms with Crippen molar-refractivity contribution in [2.45, 2.75) is 6.54 Å². The fourth-order valence-corrected chi connectivity index (χ4v) is 1.85. The molecule has 1 aromatic heterocycles. The average molecular weight is 257 g/mol. The minimum absolute atomic E-state index is 0.420. The molecule has 4 heteroatoms. The van der Waals surface area contributed by atoms with Crippen LogP contribution in [0.4, 0.5) is 5.69 Å². The van der Waals surface area contributed by atoms with Gasteiger partial charge < -0.3 is 10.6 Å². The second kappa shape index (κ2) is 5.60. The first kappa shape index (κ1) is 12.5. The number of hydrogen-bond donors (Lipinski definition) is 1. The predicted octanol–water partition coefficient (Wildman–Crippen LogP) is 2.35. The van der Waals surface area contributed by atoms with Gasteiger partial charge in [-0.1, -0.05) is 30.4 Å². The van der Waals surface area contributed by atoms with Crippen molar-refractivity contribution >= 4 is 22.9 Å². The van der Waals surface area contributed by atoms with E-state index < -0.39 is 0 Å². The first-order valence-electron chi connectivity index (χ1n) is 5.68. The maximum absolute atomic E-state index is 5.64. The third kappa shape index (κ3) is 3.05. The molecule has 0 unspecified atom stereocenters. The van der Waals surface area contributed by atoms with E-state index in [1.807, 2.05) is 49.5 Å². The van der Waals surface area contributed by atoms with Crippen LogP contribution in [0.5, 0.6) is 0 Å². The SMILES string of the molecule is CN(Cc1ccccn1)c1cccc(C(N)=S)c1. The van der Waals surface area contributed by atoms with Crippen LogP contribution in [0.1, 0.15) is 11.3 Å². The van der Waals surface area contributed by atoms with Gasteiger partial charge in [-0.3, -0.25) is 4.98 Å². The lowest BCUT2D eigenvalue weighted by Crippen LogP contribution is -2.18. The zero-order chi connectivity index (χ0) is 13.0. The van der Waals surface area contributed by atoms with Crippen molar-refractivity contribution in [1.29, 1.82) is 0 Å². The largest absolute Gasteiger partial charge is 0.389 e. The second-order valence-electron chi connectivity index (χ2n) is 4.09. The maximum Gasteiger partial charge on any atom is 0.104 e. The molecule has 0 saturated heterocycles. The Balaban J connectivity index is 2.16. The van der Waals surface area contributed by atoms with Gasteiger partial charge in [0.15, 0.2) is 0 Å². The van der Waals surface area contributed by atoms with Crippen LogP contribution in [0.15, 0.2) is 48.7 Å². The molecule has 0 atom stereocenters. The molecule has 0 saturated carbocycles. The summed E-state index contributed by atoms with van der Waals surface area (Å²) in [5, 5.41) is 0. The highest BCUT2D eigenvalue weighted by atomic mass is 32.1. The summed E-state index contributed by atoms with van der Waals surface area (Å²) in [6, 6.07) is 13.8. The Bertz CT molecular complexity index is 540. The molecule has 0 aliphatic rings. The number of hydrogen-bond acceptors (Lipinski definition) is 3. The van der Waals surface area contributed by atoms with Crippen LogP contribution in [0.25, 0.3) is 0 Å². The normalized spacial score (nSPS) is 10.1. The minimum Gasteiger partial charge on any atom is -0.389 e. The molecule has 1 aromatic carbocycles. The number of pyridine rings is 1. The maximum atomic E-state index is 5.64. The van der Waals surface area contributed by atoms with E-state index in [4.69, 9.17) is 18.0 Å². The van der Waals surface area contributed by atoms with Crippen molar-refractivity contribution in [2.24, 2.45) is 5.73 Å². The van der Waals surface area contributed by atoms with Crippen molar-refractivity contribution < 1.29 is 0 Å². The Labute approximate surface area is 112 Å². The molecular formula is C14H15N3S. The Morgan fingerprint density at radius 1 is 1.28 bits per heavy atom. The predicted molar refractivity (Wildman–Crippen MR) is 78.7 cm³/mol. The molecule has 1 heterocycles. The smallest absolute Gasteiger partial charge is 0.104 e. The monoisotopic (exact) mass is 257 g/mol. The third-order valence-corrected chi connectivity index (χ3v) is 2.93. The summed E-state index contributed by atoms with van der Waals surface area (Å²) in [5.74, 6) is 0. The zero-order valence-electron chi connectivity index (χ0n) is 10.2. The Hall–Kier alpha value is -1.94. The van der Waals surface area contributed by atoms with Gasteiger partial charge >= 0.3 is 0 Å². The van der Waals surface area contributed by atoms with E-state index in [9.17, 15) is 0 Å². The molecular weight excluding hydrogens is 242 g/mol. The van der Waals surface area contributed by atoms with Crippen molar-refractivity contribution in [3.63, 3.8) is 0 Å². The second-order valence-corrected chi connectivity index (χ2v) is 4.53. The van der Waals surface area contributed by atoms with Crippen LogP contribution in [0, 0.1) is 0 Å². The van der Waals surface area contributed by atoms with E-state index in [0.717, 1.165) is 23.5 Å². The molecule has 0 radical (unpaired) electrons. The fraction of sp³-hybridized carbons (Fsp3) is 0.143. The summed E-state index contributed by atoms with van der Waals surface area (Å²) >= 11 is 4.98. The number of thiocarbonyl (C=S) groups is 1. The lowest BCUT2D eigenvalue weighted by atomic mass is 10.2. The lowest BCUT2D eigenvalue weighted by molar-refractivity contribution is 0.885. The highest BCUT2D eigenvalue weighted by Crippen LogP contribution is 2.16. The molecule has 0 aliphatic carbocycles. The van der Waals surface area contributed by atoms with Gasteiger partial charge in [-0.15, -0.1) is 0 Å². The standard InChI is InChI=1S/C14H15N3S/c1-17(10-12-6-2-3-8-16-12)13-7-4-5-11(9-13)14(15)18/h2-9H,10H2,1H3,(H2,15,18). The number of aromatic nitrogens is 1. The van der Waals surface area contributed by atoms with Crippen molar-refractivity contribution in [2.75, 3.05) is 11.9 Å². The van der Waals surface area contributed by atoms with Gasteiger partial charge in [-0.05, 0) is 24.3 Å². The number of nitrogens with zero attached hydrogens (tertiary/aromatic N) is 2. The third-order valence-electron chi connectivity index (χ3n) is 2.70. The molecule has 2 rings (SSSR count). The van der Waals surface area contributed by atoms with E-state index in [1.165, 1.54) is 0 Å². The first-order chi connectivity index (χ1) is 8.66. The quantitative estimate of drug-likeness (QED) is 0.854. The lowest BCUT2D eigenvalue weighted by Gasteiger charge is -2.19. The van der Waals surface area contributed by atoms with Gasteiger partial charge in [0, 0.05) is 24.5 Å². The number of rotatable bonds is 4. The topological polar surface area (TPSA) is 42.2 Å². The van der Waals surface area contributed by atoms with Crippen LogP contribution in [-0.2, 0) is 6.54 Å². The van der Waals surface area contributed by atoms with E-state index in [-0.39, 0.29) is 0 Å². The zero-order valence-corrected chi connectivity index (χ0v) is 11.0. The van der Waals surface area contributed by atoms with Crippen LogP contribution in [-0.4, -0.2) is 17.0 Å². The van der Waals surface area contributed by atoms with Gasteiger partial charge in [0.1, 0.15) is 4.99 Å². The van der Waals surface area contributed by atoms with Crippen LogP contribution in [0.2, 0.25) is 0 Å². The Morgan fingerprint density at radius 2 is 2.11 bits per heavy atom. The highest BCUT2D eigenvalue weighted by Gasteiger charge is 2.04. The van der Waals surface area contributed by atoms with Gasteiger partial charge in [0.25, 0.3) is 0 Å².